The molecular weight excluding hydrogens is 260 g/mol. The molecule has 1 N–H and O–H groups in total. The van der Waals surface area contributed by atoms with Gasteiger partial charge < -0.3 is 10.1 Å². The second kappa shape index (κ2) is 6.97. The zero-order valence-electron chi connectivity index (χ0n) is 14.1. The van der Waals surface area contributed by atoms with Gasteiger partial charge in [-0.3, -0.25) is 4.90 Å². The van der Waals surface area contributed by atoms with Crippen LogP contribution in [-0.2, 0) is 4.74 Å². The summed E-state index contributed by atoms with van der Waals surface area (Å²) < 4.78 is 6.06. The fourth-order valence-electron chi connectivity index (χ4n) is 4.97. The third kappa shape index (κ3) is 3.16. The molecular formula is C18H34N2O. The molecule has 3 fully saturated rings. The Balaban J connectivity index is 1.52. The van der Waals surface area contributed by atoms with Gasteiger partial charge >= 0.3 is 0 Å². The minimum Gasteiger partial charge on any atom is -0.378 e. The quantitative estimate of drug-likeness (QED) is 0.814. The molecule has 21 heavy (non-hydrogen) atoms. The van der Waals surface area contributed by atoms with Crippen LogP contribution in [0.3, 0.4) is 0 Å². The molecule has 3 rings (SSSR count). The number of nitrogens with zero attached hydrogens (tertiary/aromatic N) is 1. The molecule has 1 spiro atoms. The number of hydrogen-bond acceptors (Lipinski definition) is 3. The Kier molecular flexibility index (Phi) is 5.23. The molecule has 3 unspecified atom stereocenters. The summed E-state index contributed by atoms with van der Waals surface area (Å²) in [6.45, 7) is 9.19. The number of hydrogen-bond donors (Lipinski definition) is 1. The maximum atomic E-state index is 6.06. The van der Waals surface area contributed by atoms with E-state index in [4.69, 9.17) is 4.74 Å². The lowest BCUT2D eigenvalue weighted by molar-refractivity contribution is -0.150. The van der Waals surface area contributed by atoms with Gasteiger partial charge in [0.1, 0.15) is 0 Å². The van der Waals surface area contributed by atoms with Gasteiger partial charge in [0, 0.05) is 30.7 Å². The van der Waals surface area contributed by atoms with E-state index in [0.29, 0.717) is 23.6 Å². The van der Waals surface area contributed by atoms with Crippen LogP contribution in [-0.4, -0.2) is 49.3 Å². The normalized spacial score (nSPS) is 34.0. The molecule has 1 saturated heterocycles. The first-order valence-corrected chi connectivity index (χ1v) is 9.35. The van der Waals surface area contributed by atoms with E-state index < -0.39 is 0 Å². The summed E-state index contributed by atoms with van der Waals surface area (Å²) in [5, 5.41) is 3.92. The first-order valence-electron chi connectivity index (χ1n) is 9.35. The summed E-state index contributed by atoms with van der Waals surface area (Å²) in [6, 6.07) is 1.40. The van der Waals surface area contributed by atoms with Crippen molar-refractivity contribution in [2.24, 2.45) is 5.41 Å². The van der Waals surface area contributed by atoms with Crippen molar-refractivity contribution >= 4 is 0 Å². The Bertz CT molecular complexity index is 321. The van der Waals surface area contributed by atoms with Crippen LogP contribution in [0.2, 0.25) is 0 Å². The van der Waals surface area contributed by atoms with Crippen molar-refractivity contribution in [3.63, 3.8) is 0 Å². The fourth-order valence-corrected chi connectivity index (χ4v) is 4.97. The standard InChI is InChI=1S/C18H34N2O/c1-3-21-17-13-16(18(17)9-5-4-6-10-18)19-14-15(2)20-11-7-8-12-20/h15-17,19H,3-14H2,1-2H3. The third-order valence-electron chi connectivity index (χ3n) is 6.36. The summed E-state index contributed by atoms with van der Waals surface area (Å²) in [7, 11) is 0. The molecule has 3 aliphatic rings. The molecule has 0 amide bonds. The molecule has 3 atom stereocenters. The summed E-state index contributed by atoms with van der Waals surface area (Å²) in [5.41, 5.74) is 0.471. The van der Waals surface area contributed by atoms with Crippen LogP contribution in [0.15, 0.2) is 0 Å². The lowest BCUT2D eigenvalue weighted by atomic mass is 9.55. The molecule has 2 saturated carbocycles. The van der Waals surface area contributed by atoms with E-state index in [1.807, 2.05) is 0 Å². The van der Waals surface area contributed by atoms with Crippen molar-refractivity contribution < 1.29 is 4.74 Å². The van der Waals surface area contributed by atoms with Crippen LogP contribution in [0.25, 0.3) is 0 Å². The van der Waals surface area contributed by atoms with Gasteiger partial charge in [0.2, 0.25) is 0 Å². The molecule has 3 nitrogen and oxygen atoms in total. The summed E-state index contributed by atoms with van der Waals surface area (Å²) >= 11 is 0. The fraction of sp³-hybridized carbons (Fsp3) is 1.00. The molecule has 2 aliphatic carbocycles. The Morgan fingerprint density at radius 2 is 1.86 bits per heavy atom. The lowest BCUT2D eigenvalue weighted by Crippen LogP contribution is -2.65. The zero-order chi connectivity index (χ0) is 14.7. The van der Waals surface area contributed by atoms with Crippen molar-refractivity contribution in [2.45, 2.75) is 83.4 Å². The van der Waals surface area contributed by atoms with Crippen molar-refractivity contribution in [1.82, 2.24) is 10.2 Å². The van der Waals surface area contributed by atoms with Gasteiger partial charge in [0.25, 0.3) is 0 Å². The van der Waals surface area contributed by atoms with E-state index >= 15 is 0 Å². The molecule has 122 valence electrons. The van der Waals surface area contributed by atoms with Gasteiger partial charge in [0.15, 0.2) is 0 Å². The van der Waals surface area contributed by atoms with Gasteiger partial charge in [-0.25, -0.2) is 0 Å². The molecule has 0 aromatic heterocycles. The Morgan fingerprint density at radius 3 is 2.52 bits per heavy atom. The van der Waals surface area contributed by atoms with E-state index in [-0.39, 0.29) is 0 Å². The summed E-state index contributed by atoms with van der Waals surface area (Å²) in [4.78, 5) is 2.65. The Morgan fingerprint density at radius 1 is 1.14 bits per heavy atom. The lowest BCUT2D eigenvalue weighted by Gasteiger charge is -2.58. The number of nitrogens with one attached hydrogen (secondary N) is 1. The predicted octanol–water partition coefficient (Wildman–Crippen LogP) is 3.19. The van der Waals surface area contributed by atoms with Crippen molar-refractivity contribution in [3.8, 4) is 0 Å². The van der Waals surface area contributed by atoms with Gasteiger partial charge in [-0.1, -0.05) is 19.3 Å². The van der Waals surface area contributed by atoms with E-state index in [0.717, 1.165) is 13.2 Å². The van der Waals surface area contributed by atoms with Gasteiger partial charge in [-0.05, 0) is 59.0 Å². The SMILES string of the molecule is CCOC1CC(NCC(C)N2CCCC2)C12CCCCC2. The van der Waals surface area contributed by atoms with E-state index in [2.05, 4.69) is 24.1 Å². The summed E-state index contributed by atoms with van der Waals surface area (Å²) in [6.07, 6.45) is 11.6. The van der Waals surface area contributed by atoms with Crippen LogP contribution < -0.4 is 5.32 Å². The topological polar surface area (TPSA) is 24.5 Å². The van der Waals surface area contributed by atoms with Crippen molar-refractivity contribution in [1.29, 1.82) is 0 Å². The average molecular weight is 294 g/mol. The van der Waals surface area contributed by atoms with Crippen molar-refractivity contribution in [3.05, 3.63) is 0 Å². The van der Waals surface area contributed by atoms with Gasteiger partial charge in [0.05, 0.1) is 6.10 Å². The maximum Gasteiger partial charge on any atom is 0.0661 e. The van der Waals surface area contributed by atoms with Crippen LogP contribution in [0.1, 0.15) is 65.2 Å². The molecule has 1 heterocycles. The molecule has 1 aliphatic heterocycles. The predicted molar refractivity (Wildman–Crippen MR) is 87.6 cm³/mol. The highest BCUT2D eigenvalue weighted by molar-refractivity contribution is 5.09. The average Bonchev–Trinajstić information content (AvgIpc) is 3.05. The molecule has 0 aromatic carbocycles. The Hall–Kier alpha value is -0.120. The highest BCUT2D eigenvalue weighted by atomic mass is 16.5. The first kappa shape index (κ1) is 15.8. The Labute approximate surface area is 130 Å². The van der Waals surface area contributed by atoms with E-state index in [1.165, 1.54) is 64.5 Å². The largest absolute Gasteiger partial charge is 0.378 e. The van der Waals surface area contributed by atoms with Gasteiger partial charge in [-0.15, -0.1) is 0 Å². The van der Waals surface area contributed by atoms with Crippen LogP contribution in [0.5, 0.6) is 0 Å². The van der Waals surface area contributed by atoms with Crippen LogP contribution in [0.4, 0.5) is 0 Å². The minimum absolute atomic E-state index is 0.471. The molecule has 0 aromatic rings. The zero-order valence-corrected chi connectivity index (χ0v) is 14.1. The van der Waals surface area contributed by atoms with Crippen LogP contribution in [0, 0.1) is 5.41 Å². The van der Waals surface area contributed by atoms with E-state index in [1.54, 1.807) is 0 Å². The van der Waals surface area contributed by atoms with Gasteiger partial charge in [-0.2, -0.15) is 0 Å². The summed E-state index contributed by atoms with van der Waals surface area (Å²) in [5.74, 6) is 0. The maximum absolute atomic E-state index is 6.06. The minimum atomic E-state index is 0.471. The molecule has 0 bridgehead atoms. The van der Waals surface area contributed by atoms with Crippen LogP contribution >= 0.6 is 0 Å². The highest BCUT2D eigenvalue weighted by Crippen LogP contribution is 2.53. The smallest absolute Gasteiger partial charge is 0.0661 e. The molecule has 0 radical (unpaired) electrons. The number of likely N-dealkylation sites (tertiary alicyclic amines) is 1. The van der Waals surface area contributed by atoms with E-state index in [9.17, 15) is 0 Å². The number of ether oxygens (including phenoxy) is 1. The highest BCUT2D eigenvalue weighted by Gasteiger charge is 2.55. The molecule has 3 heteroatoms. The first-order chi connectivity index (χ1) is 10.3. The van der Waals surface area contributed by atoms with Crippen molar-refractivity contribution in [2.75, 3.05) is 26.2 Å². The second-order valence-electron chi connectivity index (χ2n) is 7.53. The number of rotatable bonds is 6. The second-order valence-corrected chi connectivity index (χ2v) is 7.53. The third-order valence-corrected chi connectivity index (χ3v) is 6.36. The monoisotopic (exact) mass is 294 g/mol.